The molecule has 0 saturated carbocycles. The van der Waals surface area contributed by atoms with Crippen molar-refractivity contribution < 1.29 is 49.2 Å². The number of alkyl halides is 6. The smallest absolute Gasteiger partial charge is 0.478 e. The summed E-state index contributed by atoms with van der Waals surface area (Å²) in [5.74, 6) is -1.59. The molecule has 0 bridgehead atoms. The minimum Gasteiger partial charge on any atom is -0.478 e. The Morgan fingerprint density at radius 2 is 1.15 bits per heavy atom. The summed E-state index contributed by atoms with van der Waals surface area (Å²) >= 11 is 0. The van der Waals surface area contributed by atoms with Crippen molar-refractivity contribution >= 4 is 27.0 Å². The molecule has 0 atom stereocenters. The highest BCUT2D eigenvalue weighted by Crippen LogP contribution is 2.37. The first-order chi connectivity index (χ1) is 15.6. The van der Waals surface area contributed by atoms with Crippen LogP contribution in [0.3, 0.4) is 0 Å². The van der Waals surface area contributed by atoms with E-state index in [4.69, 9.17) is 18.1 Å². The summed E-state index contributed by atoms with van der Waals surface area (Å²) in [5, 5.41) is 9.09. The fraction of sp³-hybridized carbons (Fsp3) is 0.0952. The van der Waals surface area contributed by atoms with Gasteiger partial charge in [-0.1, -0.05) is 36.4 Å². The topological polar surface area (TPSA) is 91.7 Å². The largest absolute Gasteiger partial charge is 0.522 e. The number of carboxylic acids is 1. The van der Waals surface area contributed by atoms with Gasteiger partial charge in [0.2, 0.25) is 0 Å². The molecular formula is C21H15F6O5S2+. The van der Waals surface area contributed by atoms with Gasteiger partial charge in [-0.2, -0.15) is 34.8 Å². The zero-order valence-electron chi connectivity index (χ0n) is 16.7. The minimum atomic E-state index is -5.84. The summed E-state index contributed by atoms with van der Waals surface area (Å²) in [4.78, 5) is 13.3. The number of carbonyl (C=O) groups is 1. The predicted molar refractivity (Wildman–Crippen MR) is 111 cm³/mol. The average Bonchev–Trinajstić information content (AvgIpc) is 2.74. The van der Waals surface area contributed by atoms with E-state index in [9.17, 15) is 31.1 Å². The molecule has 0 amide bonds. The quantitative estimate of drug-likeness (QED) is 0.192. The molecule has 34 heavy (non-hydrogen) atoms. The lowest BCUT2D eigenvalue weighted by molar-refractivity contribution is -0.138. The van der Waals surface area contributed by atoms with E-state index in [2.05, 4.69) is 0 Å². The molecule has 2 N–H and O–H groups in total. The van der Waals surface area contributed by atoms with Crippen LogP contribution in [0.4, 0.5) is 26.3 Å². The van der Waals surface area contributed by atoms with Gasteiger partial charge in [0.05, 0.1) is 22.0 Å². The van der Waals surface area contributed by atoms with Crippen molar-refractivity contribution in [3.05, 3.63) is 90.0 Å². The van der Waals surface area contributed by atoms with E-state index in [1.165, 1.54) is 6.07 Å². The molecule has 5 nitrogen and oxygen atoms in total. The Labute approximate surface area is 192 Å². The Hall–Kier alpha value is -3.03. The van der Waals surface area contributed by atoms with Crippen LogP contribution in [0.2, 0.25) is 0 Å². The first kappa shape index (κ1) is 27.2. The van der Waals surface area contributed by atoms with E-state index in [0.717, 1.165) is 21.9 Å². The Morgan fingerprint density at radius 3 is 1.47 bits per heavy atom. The second-order valence-electron chi connectivity index (χ2n) is 6.36. The van der Waals surface area contributed by atoms with E-state index in [1.807, 2.05) is 60.7 Å². The van der Waals surface area contributed by atoms with Gasteiger partial charge in [-0.25, -0.2) is 4.79 Å². The van der Waals surface area contributed by atoms with Gasteiger partial charge in [-0.15, -0.1) is 0 Å². The van der Waals surface area contributed by atoms with Crippen molar-refractivity contribution in [2.45, 2.75) is 26.4 Å². The molecule has 0 aromatic heterocycles. The number of aromatic carboxylic acids is 1. The number of hydrogen-bond donors (Lipinski definition) is 2. The Morgan fingerprint density at radius 1 is 0.735 bits per heavy atom. The lowest BCUT2D eigenvalue weighted by Gasteiger charge is -2.13. The van der Waals surface area contributed by atoms with Gasteiger partial charge in [0.15, 0.2) is 14.7 Å². The first-order valence-electron chi connectivity index (χ1n) is 8.95. The first-order valence-corrected chi connectivity index (χ1v) is 11.6. The van der Waals surface area contributed by atoms with Crippen molar-refractivity contribution in [3.8, 4) is 0 Å². The molecule has 0 spiro atoms. The molecule has 0 saturated heterocycles. The Bertz CT molecular complexity index is 1190. The summed E-state index contributed by atoms with van der Waals surface area (Å²) in [6.45, 7) is 0. The molecule has 0 fully saturated rings. The van der Waals surface area contributed by atoms with Crippen LogP contribution >= 0.6 is 0 Å². The van der Waals surface area contributed by atoms with Gasteiger partial charge in [0.25, 0.3) is 0 Å². The van der Waals surface area contributed by atoms with E-state index in [1.54, 1.807) is 0 Å². The Kier molecular flexibility index (Phi) is 8.40. The van der Waals surface area contributed by atoms with Gasteiger partial charge in [-0.3, -0.25) is 4.55 Å². The summed E-state index contributed by atoms with van der Waals surface area (Å²) in [5.41, 5.74) is -7.41. The second-order valence-corrected chi connectivity index (χ2v) is 9.80. The van der Waals surface area contributed by atoms with Crippen molar-refractivity contribution in [1.82, 2.24) is 0 Å². The van der Waals surface area contributed by atoms with Gasteiger partial charge in [-0.05, 0) is 36.4 Å². The molecular weight excluding hydrogens is 510 g/mol. The van der Waals surface area contributed by atoms with Gasteiger partial charge in [0, 0.05) is 6.07 Å². The summed E-state index contributed by atoms with van der Waals surface area (Å²) in [7, 11) is -6.61. The van der Waals surface area contributed by atoms with E-state index in [0.29, 0.717) is 4.90 Å². The van der Waals surface area contributed by atoms with Crippen molar-refractivity contribution in [1.29, 1.82) is 0 Å². The lowest BCUT2D eigenvalue weighted by atomic mass is 10.1. The molecule has 0 aliphatic rings. The average molecular weight is 525 g/mol. The zero-order chi connectivity index (χ0) is 25.7. The van der Waals surface area contributed by atoms with Crippen molar-refractivity contribution in [2.75, 3.05) is 0 Å². The van der Waals surface area contributed by atoms with Crippen LogP contribution in [0.15, 0.2) is 93.5 Å². The van der Waals surface area contributed by atoms with E-state index in [-0.39, 0.29) is 0 Å². The molecule has 13 heteroatoms. The third-order valence-electron chi connectivity index (χ3n) is 4.01. The van der Waals surface area contributed by atoms with Crippen molar-refractivity contribution in [3.63, 3.8) is 0 Å². The highest BCUT2D eigenvalue weighted by atomic mass is 32.2. The van der Waals surface area contributed by atoms with Crippen LogP contribution in [0.1, 0.15) is 15.9 Å². The van der Waals surface area contributed by atoms with Gasteiger partial charge >= 0.3 is 27.8 Å². The number of rotatable bonds is 4. The molecule has 0 aliphatic carbocycles. The SMILES string of the molecule is O=C(O)c1ccc([S+](c2ccccc2)c2ccccc2)cc1C(F)(F)F.O=S(=O)(O)C(F)(F)F. The molecule has 0 aliphatic heterocycles. The number of halogens is 6. The molecule has 0 heterocycles. The molecule has 3 aromatic rings. The molecule has 0 radical (unpaired) electrons. The fourth-order valence-electron chi connectivity index (χ4n) is 2.59. The number of benzene rings is 3. The molecule has 0 unspecified atom stereocenters. The number of carboxylic acid groups (broad SMARTS) is 1. The minimum absolute atomic E-state index is 0.416. The third-order valence-corrected chi connectivity index (χ3v) is 6.81. The maximum absolute atomic E-state index is 13.4. The van der Waals surface area contributed by atoms with Crippen LogP contribution in [-0.4, -0.2) is 29.6 Å². The van der Waals surface area contributed by atoms with Gasteiger partial charge < -0.3 is 5.11 Å². The Balaban J connectivity index is 0.000000440. The van der Waals surface area contributed by atoms with E-state index >= 15 is 0 Å². The zero-order valence-corrected chi connectivity index (χ0v) is 18.3. The van der Waals surface area contributed by atoms with Crippen LogP contribution in [0.25, 0.3) is 0 Å². The number of hydrogen-bond acceptors (Lipinski definition) is 3. The maximum atomic E-state index is 13.4. The van der Waals surface area contributed by atoms with Crippen LogP contribution in [-0.2, 0) is 27.2 Å². The summed E-state index contributed by atoms with van der Waals surface area (Å²) in [6.07, 6.45) is -4.74. The standard InChI is InChI=1S/C20H13F3O2S.CHF3O3S/c21-20(22,23)18-13-16(11-12-17(18)19(24)25)26(14-7-3-1-4-8-14)15-9-5-2-6-10-15;2-1(3,4)8(5,6)7/h1-13H;(H,5,6,7)/p+1. The lowest BCUT2D eigenvalue weighted by Crippen LogP contribution is -2.21. The summed E-state index contributed by atoms with van der Waals surface area (Å²) in [6, 6.07) is 21.9. The second kappa shape index (κ2) is 10.5. The van der Waals surface area contributed by atoms with Crippen LogP contribution in [0.5, 0.6) is 0 Å². The van der Waals surface area contributed by atoms with Crippen LogP contribution < -0.4 is 0 Å². The highest BCUT2D eigenvalue weighted by Gasteiger charge is 2.44. The maximum Gasteiger partial charge on any atom is 0.522 e. The van der Waals surface area contributed by atoms with Gasteiger partial charge in [0.1, 0.15) is 0 Å². The van der Waals surface area contributed by atoms with Crippen molar-refractivity contribution in [2.24, 2.45) is 0 Å². The molecule has 182 valence electrons. The normalized spacial score (nSPS) is 12.1. The molecule has 3 aromatic carbocycles. The third kappa shape index (κ3) is 6.98. The summed E-state index contributed by atoms with van der Waals surface area (Å²) < 4.78 is 97.7. The fourth-order valence-corrected chi connectivity index (χ4v) is 4.71. The molecule has 3 rings (SSSR count). The monoisotopic (exact) mass is 525 g/mol. The highest BCUT2D eigenvalue weighted by molar-refractivity contribution is 7.97. The van der Waals surface area contributed by atoms with Crippen LogP contribution in [0, 0.1) is 0 Å². The predicted octanol–water partition coefficient (Wildman–Crippen LogP) is 5.89. The van der Waals surface area contributed by atoms with E-state index < -0.39 is 49.8 Å².